The van der Waals surface area contributed by atoms with Gasteiger partial charge in [-0.1, -0.05) is 83.9 Å². The van der Waals surface area contributed by atoms with Crippen LogP contribution >= 0.6 is 23.2 Å². The van der Waals surface area contributed by atoms with Crippen LogP contribution < -0.4 is 4.74 Å². The molecule has 0 atom stereocenters. The lowest BCUT2D eigenvalue weighted by atomic mass is 10.1. The summed E-state index contributed by atoms with van der Waals surface area (Å²) >= 11 is 13.7. The highest BCUT2D eigenvalue weighted by atomic mass is 35.5. The van der Waals surface area contributed by atoms with Crippen LogP contribution in [0.2, 0.25) is 10.0 Å². The minimum Gasteiger partial charge on any atom is -0.476 e. The smallest absolute Gasteiger partial charge is 0.213 e. The lowest BCUT2D eigenvalue weighted by molar-refractivity contribution is 0.271. The van der Waals surface area contributed by atoms with Gasteiger partial charge in [-0.25, -0.2) is 14.3 Å². The molecule has 11 nitrogen and oxygen atoms in total. The van der Waals surface area contributed by atoms with Crippen molar-refractivity contribution in [2.45, 2.75) is 20.0 Å². The molecule has 0 fully saturated rings. The third kappa shape index (κ3) is 5.35. The van der Waals surface area contributed by atoms with Gasteiger partial charge in [0.25, 0.3) is 0 Å². The molecule has 224 valence electrons. The number of fused-ring (bicyclic) bond motifs is 2. The van der Waals surface area contributed by atoms with E-state index in [1.54, 1.807) is 21.6 Å². The zero-order valence-electron chi connectivity index (χ0n) is 24.0. The van der Waals surface area contributed by atoms with E-state index in [4.69, 9.17) is 33.0 Å². The van der Waals surface area contributed by atoms with Gasteiger partial charge in [0.1, 0.15) is 23.7 Å². The van der Waals surface area contributed by atoms with E-state index in [0.717, 1.165) is 22.2 Å². The molecule has 1 N–H and O–H groups in total. The Bertz CT molecular complexity index is 2130. The normalized spacial score (nSPS) is 11.5. The van der Waals surface area contributed by atoms with Crippen LogP contribution in [-0.4, -0.2) is 63.3 Å². The van der Waals surface area contributed by atoms with E-state index in [0.29, 0.717) is 61.8 Å². The number of aromatic nitrogens is 9. The first-order chi connectivity index (χ1) is 22.0. The van der Waals surface area contributed by atoms with Crippen LogP contribution in [0, 0.1) is 6.92 Å². The number of ether oxygens (including phenoxy) is 1. The van der Waals surface area contributed by atoms with Crippen molar-refractivity contribution in [3.05, 3.63) is 94.7 Å². The fourth-order valence-corrected chi connectivity index (χ4v) is 5.91. The van der Waals surface area contributed by atoms with E-state index >= 15 is 0 Å². The van der Waals surface area contributed by atoms with E-state index in [9.17, 15) is 5.11 Å². The zero-order chi connectivity index (χ0) is 30.9. The summed E-state index contributed by atoms with van der Waals surface area (Å²) in [6.07, 6.45) is 1.67. The molecule has 7 rings (SSSR count). The quantitative estimate of drug-likeness (QED) is 0.201. The minimum atomic E-state index is -0.113. The predicted octanol–water partition coefficient (Wildman–Crippen LogP) is 6.05. The molecule has 0 aliphatic carbocycles. The van der Waals surface area contributed by atoms with Crippen molar-refractivity contribution < 1.29 is 9.84 Å². The van der Waals surface area contributed by atoms with E-state index in [1.165, 1.54) is 0 Å². The summed E-state index contributed by atoms with van der Waals surface area (Å²) in [7, 11) is 0. The highest BCUT2D eigenvalue weighted by Crippen LogP contribution is 2.37. The molecule has 0 bridgehead atoms. The molecule has 0 saturated heterocycles. The Morgan fingerprint density at radius 3 is 1.87 bits per heavy atom. The number of benzene rings is 2. The second-order valence-electron chi connectivity index (χ2n) is 10.2. The summed E-state index contributed by atoms with van der Waals surface area (Å²) in [4.78, 5) is 4.51. The summed E-state index contributed by atoms with van der Waals surface area (Å²) in [5.74, 6) is 0.428. The molecule has 0 unspecified atom stereocenters. The van der Waals surface area contributed by atoms with E-state index in [2.05, 4.69) is 30.5 Å². The van der Waals surface area contributed by atoms with Crippen molar-refractivity contribution in [3.8, 4) is 39.7 Å². The summed E-state index contributed by atoms with van der Waals surface area (Å²) in [6, 6.07) is 22.9. The summed E-state index contributed by atoms with van der Waals surface area (Å²) in [6.45, 7) is 2.73. The molecule has 0 spiro atoms. The Morgan fingerprint density at radius 1 is 0.667 bits per heavy atom. The number of hydrogen-bond acceptors (Lipinski definition) is 9. The van der Waals surface area contributed by atoms with Gasteiger partial charge in [0, 0.05) is 29.0 Å². The molecule has 0 amide bonds. The highest BCUT2D eigenvalue weighted by Gasteiger charge is 2.22. The Balaban J connectivity index is 1.12. The number of aliphatic hydroxyl groups is 1. The fourth-order valence-electron chi connectivity index (χ4n) is 5.22. The first kappa shape index (κ1) is 28.8. The van der Waals surface area contributed by atoms with E-state index in [-0.39, 0.29) is 19.8 Å². The summed E-state index contributed by atoms with van der Waals surface area (Å²) < 4.78 is 9.28. The van der Waals surface area contributed by atoms with E-state index < -0.39 is 0 Å². The summed E-state index contributed by atoms with van der Waals surface area (Å²) in [5.41, 5.74) is 6.01. The molecule has 2 aromatic carbocycles. The van der Waals surface area contributed by atoms with Gasteiger partial charge in [-0.2, -0.15) is 10.2 Å². The van der Waals surface area contributed by atoms with Crippen molar-refractivity contribution in [1.82, 2.24) is 44.9 Å². The number of aliphatic hydroxyl groups excluding tert-OH is 1. The molecular weight excluding hydrogens is 613 g/mol. The van der Waals surface area contributed by atoms with Crippen molar-refractivity contribution in [2.24, 2.45) is 0 Å². The molecule has 45 heavy (non-hydrogen) atoms. The fraction of sp³-hybridized carbons (Fsp3) is 0.156. The topological polar surface area (TPSA) is 130 Å². The molecule has 5 aromatic heterocycles. The van der Waals surface area contributed by atoms with Crippen LogP contribution in [0.4, 0.5) is 0 Å². The van der Waals surface area contributed by atoms with Crippen molar-refractivity contribution >= 4 is 45.3 Å². The van der Waals surface area contributed by atoms with Gasteiger partial charge in [-0.05, 0) is 13.0 Å². The van der Waals surface area contributed by atoms with Crippen LogP contribution in [-0.2, 0) is 13.1 Å². The largest absolute Gasteiger partial charge is 0.476 e. The average molecular weight is 639 g/mol. The second-order valence-corrected chi connectivity index (χ2v) is 10.9. The average Bonchev–Trinajstić information content (AvgIpc) is 3.60. The number of nitrogens with zero attached hydrogens (tertiary/aromatic N) is 9. The first-order valence-electron chi connectivity index (χ1n) is 14.2. The van der Waals surface area contributed by atoms with Gasteiger partial charge in [-0.15, -0.1) is 20.4 Å². The van der Waals surface area contributed by atoms with Gasteiger partial charge in [-0.3, -0.25) is 0 Å². The number of halogens is 2. The lowest BCUT2D eigenvalue weighted by Gasteiger charge is -2.08. The maximum atomic E-state index is 9.60. The Morgan fingerprint density at radius 2 is 1.27 bits per heavy atom. The Hall–Kier alpha value is -4.97. The van der Waals surface area contributed by atoms with Gasteiger partial charge in [0.05, 0.1) is 46.2 Å². The SMILES string of the molecule is Cc1nn(CCOc2ccc(-c3nn(CCO)c4nnc(-c5ccccc5)c(Cl)c34)cn2)c2nnc(-c3ccccc3)c(Cl)c12. The van der Waals surface area contributed by atoms with E-state index in [1.807, 2.05) is 73.7 Å². The van der Waals surface area contributed by atoms with Gasteiger partial charge < -0.3 is 9.84 Å². The molecule has 0 aliphatic rings. The molecular formula is C32H25Cl2N9O2. The third-order valence-corrected chi connectivity index (χ3v) is 8.08. The van der Waals surface area contributed by atoms with Crippen molar-refractivity contribution in [1.29, 1.82) is 0 Å². The van der Waals surface area contributed by atoms with Crippen LogP contribution in [0.5, 0.6) is 5.88 Å². The number of aryl methyl sites for hydroxylation is 1. The van der Waals surface area contributed by atoms with Gasteiger partial charge in [0.2, 0.25) is 5.88 Å². The predicted molar refractivity (Wildman–Crippen MR) is 172 cm³/mol. The number of pyridine rings is 1. The maximum Gasteiger partial charge on any atom is 0.213 e. The zero-order valence-corrected chi connectivity index (χ0v) is 25.5. The molecule has 0 radical (unpaired) electrons. The standard InChI is InChI=1S/C32H25Cl2N9O2/c1-19-24-26(33)29(20-8-4-2-5-9-20)36-38-31(24)43(40-19)15-17-45-23-13-12-22(18-35-23)28-25-27(34)30(21-10-6-3-7-11-21)37-39-32(25)42(41-28)14-16-44/h2-13,18,44H,14-17H2,1H3. The second kappa shape index (κ2) is 12.2. The Labute approximate surface area is 267 Å². The first-order valence-corrected chi connectivity index (χ1v) is 14.9. The van der Waals surface area contributed by atoms with Gasteiger partial charge >= 0.3 is 0 Å². The van der Waals surface area contributed by atoms with Crippen molar-refractivity contribution in [2.75, 3.05) is 13.2 Å². The van der Waals surface area contributed by atoms with Gasteiger partial charge in [0.15, 0.2) is 11.3 Å². The van der Waals surface area contributed by atoms with Crippen LogP contribution in [0.15, 0.2) is 79.0 Å². The van der Waals surface area contributed by atoms with Crippen LogP contribution in [0.3, 0.4) is 0 Å². The Kier molecular flexibility index (Phi) is 7.80. The van der Waals surface area contributed by atoms with Crippen molar-refractivity contribution in [3.63, 3.8) is 0 Å². The number of rotatable bonds is 9. The van der Waals surface area contributed by atoms with Crippen LogP contribution in [0.1, 0.15) is 5.69 Å². The van der Waals surface area contributed by atoms with Crippen LogP contribution in [0.25, 0.3) is 55.8 Å². The third-order valence-electron chi connectivity index (χ3n) is 7.34. The molecule has 5 heterocycles. The minimum absolute atomic E-state index is 0.113. The maximum absolute atomic E-state index is 9.60. The highest BCUT2D eigenvalue weighted by molar-refractivity contribution is 6.38. The molecule has 13 heteroatoms. The molecule has 7 aromatic rings. The molecule has 0 saturated carbocycles. The lowest BCUT2D eigenvalue weighted by Crippen LogP contribution is -2.11. The molecule has 0 aliphatic heterocycles. The summed E-state index contributed by atoms with van der Waals surface area (Å²) in [5, 5.41) is 38.8. The monoisotopic (exact) mass is 637 g/mol. The number of hydrogen-bond donors (Lipinski definition) is 1.